The third-order valence-corrected chi connectivity index (χ3v) is 4.06. The number of cyclic esters (lactones) is 1. The van der Waals surface area contributed by atoms with E-state index in [4.69, 9.17) is 32.7 Å². The Hall–Kier alpha value is -1.91. The molecule has 1 saturated heterocycles. The Kier molecular flexibility index (Phi) is 4.41. The molecule has 0 atom stereocenters. The monoisotopic (exact) mass is 337 g/mol. The molecule has 1 amide bonds. The third kappa shape index (κ3) is 3.13. The molecule has 22 heavy (non-hydrogen) atoms. The van der Waals surface area contributed by atoms with Crippen molar-refractivity contribution in [1.29, 1.82) is 0 Å². The van der Waals surface area contributed by atoms with Gasteiger partial charge in [0.15, 0.2) is 0 Å². The second-order valence-electron chi connectivity index (χ2n) is 4.75. The molecule has 0 radical (unpaired) electrons. The molecule has 1 heterocycles. The highest BCUT2D eigenvalue weighted by Crippen LogP contribution is 2.27. The molecule has 3 rings (SSSR count). The number of hydrogen-bond donors (Lipinski definition) is 0. The summed E-state index contributed by atoms with van der Waals surface area (Å²) in [7, 11) is 0. The summed E-state index contributed by atoms with van der Waals surface area (Å²) in [5.41, 5.74) is 1.53. The second kappa shape index (κ2) is 6.46. The zero-order chi connectivity index (χ0) is 15.5. The van der Waals surface area contributed by atoms with Crippen LogP contribution in [0.4, 0.5) is 10.5 Å². The second-order valence-corrected chi connectivity index (χ2v) is 5.56. The molecule has 0 bridgehead atoms. The van der Waals surface area contributed by atoms with Crippen molar-refractivity contribution in [3.63, 3.8) is 0 Å². The average molecular weight is 338 g/mol. The standard InChI is InChI=1S/C16H13Cl2NO3/c17-14-2-1-3-15(18)13(14)10-22-12-6-4-11(5-7-12)19-8-9-21-16(19)20/h1-7H,8-10H2. The van der Waals surface area contributed by atoms with Crippen molar-refractivity contribution in [3.05, 3.63) is 58.1 Å². The van der Waals surface area contributed by atoms with Crippen molar-refractivity contribution in [2.75, 3.05) is 18.1 Å². The number of amides is 1. The molecule has 0 N–H and O–H groups in total. The minimum Gasteiger partial charge on any atom is -0.489 e. The van der Waals surface area contributed by atoms with Gasteiger partial charge in [0, 0.05) is 21.3 Å². The largest absolute Gasteiger partial charge is 0.489 e. The number of anilines is 1. The lowest BCUT2D eigenvalue weighted by atomic mass is 10.2. The van der Waals surface area contributed by atoms with Crippen molar-refractivity contribution in [1.82, 2.24) is 0 Å². The quantitative estimate of drug-likeness (QED) is 0.822. The number of carbonyl (C=O) groups is 1. The lowest BCUT2D eigenvalue weighted by molar-refractivity contribution is 0.181. The fraction of sp³-hybridized carbons (Fsp3) is 0.188. The van der Waals surface area contributed by atoms with E-state index in [2.05, 4.69) is 0 Å². The summed E-state index contributed by atoms with van der Waals surface area (Å²) < 4.78 is 10.6. The maximum Gasteiger partial charge on any atom is 0.414 e. The van der Waals surface area contributed by atoms with Crippen molar-refractivity contribution in [3.8, 4) is 5.75 Å². The van der Waals surface area contributed by atoms with E-state index in [1.165, 1.54) is 0 Å². The number of carbonyl (C=O) groups excluding carboxylic acids is 1. The van der Waals surface area contributed by atoms with Crippen molar-refractivity contribution in [2.45, 2.75) is 6.61 Å². The molecule has 6 heteroatoms. The van der Waals surface area contributed by atoms with Gasteiger partial charge in [-0.25, -0.2) is 4.79 Å². The molecule has 2 aromatic carbocycles. The van der Waals surface area contributed by atoms with Gasteiger partial charge in [0.25, 0.3) is 0 Å². The van der Waals surface area contributed by atoms with Crippen LogP contribution < -0.4 is 9.64 Å². The van der Waals surface area contributed by atoms with E-state index >= 15 is 0 Å². The minimum absolute atomic E-state index is 0.281. The molecule has 1 aliphatic heterocycles. The maximum absolute atomic E-state index is 11.5. The van der Waals surface area contributed by atoms with Crippen LogP contribution in [0, 0.1) is 0 Å². The van der Waals surface area contributed by atoms with E-state index in [1.807, 2.05) is 12.1 Å². The lowest BCUT2D eigenvalue weighted by Crippen LogP contribution is -2.23. The Morgan fingerprint density at radius 2 is 1.77 bits per heavy atom. The smallest absolute Gasteiger partial charge is 0.414 e. The van der Waals surface area contributed by atoms with Gasteiger partial charge in [0.05, 0.1) is 6.54 Å². The Bertz CT molecular complexity index is 668. The summed E-state index contributed by atoms with van der Waals surface area (Å²) in [5, 5.41) is 1.15. The summed E-state index contributed by atoms with van der Waals surface area (Å²) >= 11 is 12.2. The number of hydrogen-bond acceptors (Lipinski definition) is 3. The number of ether oxygens (including phenoxy) is 2. The first-order chi connectivity index (χ1) is 10.6. The van der Waals surface area contributed by atoms with Crippen molar-refractivity contribution >= 4 is 35.0 Å². The molecule has 1 aliphatic rings. The van der Waals surface area contributed by atoms with Crippen LogP contribution in [0.1, 0.15) is 5.56 Å². The van der Waals surface area contributed by atoms with Gasteiger partial charge in [0.1, 0.15) is 19.0 Å². The summed E-state index contributed by atoms with van der Waals surface area (Å²) in [4.78, 5) is 13.1. The highest BCUT2D eigenvalue weighted by Gasteiger charge is 2.23. The molecule has 0 saturated carbocycles. The molecular weight excluding hydrogens is 325 g/mol. The molecule has 0 aromatic heterocycles. The topological polar surface area (TPSA) is 38.8 Å². The van der Waals surface area contributed by atoms with E-state index in [0.29, 0.717) is 28.9 Å². The fourth-order valence-corrected chi connectivity index (χ4v) is 2.68. The van der Waals surface area contributed by atoms with Gasteiger partial charge in [-0.2, -0.15) is 0 Å². The highest BCUT2D eigenvalue weighted by atomic mass is 35.5. The molecule has 0 spiro atoms. The van der Waals surface area contributed by atoms with Gasteiger partial charge >= 0.3 is 6.09 Å². The lowest BCUT2D eigenvalue weighted by Gasteiger charge is -2.14. The van der Waals surface area contributed by atoms with Crippen LogP contribution in [0.3, 0.4) is 0 Å². The van der Waals surface area contributed by atoms with Gasteiger partial charge in [-0.05, 0) is 36.4 Å². The summed E-state index contributed by atoms with van der Waals surface area (Å²) in [6.45, 7) is 1.26. The Labute approximate surface area is 138 Å². The van der Waals surface area contributed by atoms with Gasteiger partial charge < -0.3 is 9.47 Å². The van der Waals surface area contributed by atoms with Crippen LogP contribution in [0.5, 0.6) is 5.75 Å². The Morgan fingerprint density at radius 1 is 1.09 bits per heavy atom. The predicted molar refractivity (Wildman–Crippen MR) is 85.9 cm³/mol. The van der Waals surface area contributed by atoms with Crippen LogP contribution in [0.2, 0.25) is 10.0 Å². The first-order valence-electron chi connectivity index (χ1n) is 6.75. The average Bonchev–Trinajstić information content (AvgIpc) is 2.93. The molecule has 114 valence electrons. The minimum atomic E-state index is -0.323. The SMILES string of the molecule is O=C1OCCN1c1ccc(OCc2c(Cl)cccc2Cl)cc1. The summed E-state index contributed by atoms with van der Waals surface area (Å²) in [5.74, 6) is 0.673. The van der Waals surface area contributed by atoms with E-state index in [1.54, 1.807) is 35.2 Å². The zero-order valence-electron chi connectivity index (χ0n) is 11.6. The molecule has 4 nitrogen and oxygen atoms in total. The third-order valence-electron chi connectivity index (χ3n) is 3.35. The van der Waals surface area contributed by atoms with Crippen molar-refractivity contribution < 1.29 is 14.3 Å². The van der Waals surface area contributed by atoms with Crippen LogP contribution >= 0.6 is 23.2 Å². The zero-order valence-corrected chi connectivity index (χ0v) is 13.1. The van der Waals surface area contributed by atoms with Crippen molar-refractivity contribution in [2.24, 2.45) is 0 Å². The van der Waals surface area contributed by atoms with E-state index < -0.39 is 0 Å². The van der Waals surface area contributed by atoms with E-state index in [-0.39, 0.29) is 12.7 Å². The Morgan fingerprint density at radius 3 is 2.36 bits per heavy atom. The molecule has 2 aromatic rings. The molecule has 0 aliphatic carbocycles. The van der Waals surface area contributed by atoms with Gasteiger partial charge in [-0.3, -0.25) is 4.90 Å². The van der Waals surface area contributed by atoms with Gasteiger partial charge in [0.2, 0.25) is 0 Å². The van der Waals surface area contributed by atoms with Crippen LogP contribution in [-0.2, 0) is 11.3 Å². The maximum atomic E-state index is 11.5. The first kappa shape index (κ1) is 15.0. The number of rotatable bonds is 4. The summed E-state index contributed by atoms with van der Waals surface area (Å²) in [6, 6.07) is 12.6. The van der Waals surface area contributed by atoms with Gasteiger partial charge in [-0.1, -0.05) is 29.3 Å². The number of benzene rings is 2. The van der Waals surface area contributed by atoms with Crippen LogP contribution in [-0.4, -0.2) is 19.2 Å². The van der Waals surface area contributed by atoms with E-state index in [0.717, 1.165) is 11.3 Å². The van der Waals surface area contributed by atoms with Crippen LogP contribution in [0.25, 0.3) is 0 Å². The molecular formula is C16H13Cl2NO3. The predicted octanol–water partition coefficient (Wildman–Crippen LogP) is 4.53. The molecule has 1 fully saturated rings. The van der Waals surface area contributed by atoms with Gasteiger partial charge in [-0.15, -0.1) is 0 Å². The van der Waals surface area contributed by atoms with E-state index in [9.17, 15) is 4.79 Å². The summed E-state index contributed by atoms with van der Waals surface area (Å²) in [6.07, 6.45) is -0.323. The number of halogens is 2. The number of nitrogens with zero attached hydrogens (tertiary/aromatic N) is 1. The first-order valence-corrected chi connectivity index (χ1v) is 7.51. The van der Waals surface area contributed by atoms with Crippen LogP contribution in [0.15, 0.2) is 42.5 Å². The normalized spacial score (nSPS) is 14.1. The Balaban J connectivity index is 1.68. The molecule has 0 unspecified atom stereocenters. The highest BCUT2D eigenvalue weighted by molar-refractivity contribution is 6.35. The fourth-order valence-electron chi connectivity index (χ4n) is 2.18.